The zero-order chi connectivity index (χ0) is 16.9. The fraction of sp³-hybridized carbons (Fsp3) is 0.556. The van der Waals surface area contributed by atoms with Crippen molar-refractivity contribution >= 4 is 21.6 Å². The van der Waals surface area contributed by atoms with Crippen LogP contribution in [0.3, 0.4) is 0 Å². The second kappa shape index (κ2) is 5.48. The predicted octanol–water partition coefficient (Wildman–Crippen LogP) is 3.10. The summed E-state index contributed by atoms with van der Waals surface area (Å²) in [6.45, 7) is 11.0. The molecular weight excluding hydrogens is 308 g/mol. The Balaban J connectivity index is 2.27. The van der Waals surface area contributed by atoms with Crippen molar-refractivity contribution in [3.05, 3.63) is 43.9 Å². The monoisotopic (exact) mass is 332 g/mol. The van der Waals surface area contributed by atoms with E-state index in [4.69, 9.17) is 0 Å². The molecule has 0 spiro atoms. The third-order valence-electron chi connectivity index (χ3n) is 5.06. The summed E-state index contributed by atoms with van der Waals surface area (Å²) in [7, 11) is 1.56. The SMILES string of the molecule is C=CCn1c(=O)n(C)c(=O)c2c3c(sc21)CC(C(C)(C)C)CC3. The highest BCUT2D eigenvalue weighted by atomic mass is 32.1. The van der Waals surface area contributed by atoms with E-state index in [1.807, 2.05) is 0 Å². The summed E-state index contributed by atoms with van der Waals surface area (Å²) < 4.78 is 2.91. The average Bonchev–Trinajstić information content (AvgIpc) is 2.86. The lowest BCUT2D eigenvalue weighted by atomic mass is 9.72. The minimum Gasteiger partial charge on any atom is -0.280 e. The summed E-state index contributed by atoms with van der Waals surface area (Å²) in [4.78, 5) is 27.2. The highest BCUT2D eigenvalue weighted by molar-refractivity contribution is 7.18. The first-order chi connectivity index (χ1) is 10.8. The molecule has 1 aliphatic rings. The minimum absolute atomic E-state index is 0.156. The van der Waals surface area contributed by atoms with Gasteiger partial charge in [-0.05, 0) is 36.2 Å². The molecule has 2 aromatic rings. The van der Waals surface area contributed by atoms with Crippen LogP contribution in [0.1, 0.15) is 37.6 Å². The number of thiophene rings is 1. The van der Waals surface area contributed by atoms with Gasteiger partial charge in [0.25, 0.3) is 5.56 Å². The van der Waals surface area contributed by atoms with E-state index in [0.29, 0.717) is 12.5 Å². The molecule has 0 N–H and O–H groups in total. The lowest BCUT2D eigenvalue weighted by molar-refractivity contribution is 0.218. The first kappa shape index (κ1) is 16.2. The normalized spacial score (nSPS) is 18.2. The van der Waals surface area contributed by atoms with E-state index in [9.17, 15) is 9.59 Å². The van der Waals surface area contributed by atoms with Crippen LogP contribution in [0.25, 0.3) is 10.2 Å². The standard InChI is InChI=1S/C18H24N2O2S/c1-6-9-20-16-14(15(21)19(5)17(20)22)12-8-7-11(18(2,3)4)10-13(12)23-16/h6,11H,1,7-10H2,2-5H3. The summed E-state index contributed by atoms with van der Waals surface area (Å²) in [6.07, 6.45) is 4.75. The number of fused-ring (bicyclic) bond motifs is 3. The summed E-state index contributed by atoms with van der Waals surface area (Å²) in [5, 5.41) is 0.751. The first-order valence-corrected chi connectivity index (χ1v) is 8.92. The number of aromatic nitrogens is 2. The number of hydrogen-bond donors (Lipinski definition) is 0. The topological polar surface area (TPSA) is 44.0 Å². The van der Waals surface area contributed by atoms with Gasteiger partial charge in [0, 0.05) is 18.5 Å². The van der Waals surface area contributed by atoms with E-state index in [0.717, 1.165) is 29.5 Å². The third-order valence-corrected chi connectivity index (χ3v) is 6.34. The van der Waals surface area contributed by atoms with Gasteiger partial charge in [-0.1, -0.05) is 26.8 Å². The van der Waals surface area contributed by atoms with Crippen molar-refractivity contribution in [3.63, 3.8) is 0 Å². The molecule has 2 heterocycles. The van der Waals surface area contributed by atoms with Crippen molar-refractivity contribution in [2.24, 2.45) is 18.4 Å². The summed E-state index contributed by atoms with van der Waals surface area (Å²) in [6, 6.07) is 0. The molecule has 5 heteroatoms. The molecule has 0 saturated heterocycles. The van der Waals surface area contributed by atoms with Gasteiger partial charge in [0.15, 0.2) is 0 Å². The smallest absolute Gasteiger partial charge is 0.280 e. The van der Waals surface area contributed by atoms with Crippen molar-refractivity contribution in [3.8, 4) is 0 Å². The summed E-state index contributed by atoms with van der Waals surface area (Å²) in [5.41, 5.74) is 1.02. The van der Waals surface area contributed by atoms with Crippen LogP contribution in [0.4, 0.5) is 0 Å². The van der Waals surface area contributed by atoms with Crippen molar-refractivity contribution < 1.29 is 0 Å². The Kier molecular flexibility index (Phi) is 3.87. The van der Waals surface area contributed by atoms with Crippen molar-refractivity contribution in [1.82, 2.24) is 9.13 Å². The molecule has 0 aliphatic heterocycles. The molecular formula is C18H24N2O2S. The Labute approximate surface area is 140 Å². The van der Waals surface area contributed by atoms with Gasteiger partial charge in [-0.25, -0.2) is 4.79 Å². The highest BCUT2D eigenvalue weighted by Gasteiger charge is 2.32. The van der Waals surface area contributed by atoms with Gasteiger partial charge in [-0.2, -0.15) is 0 Å². The van der Waals surface area contributed by atoms with E-state index >= 15 is 0 Å². The molecule has 23 heavy (non-hydrogen) atoms. The Bertz CT molecular complexity index is 893. The van der Waals surface area contributed by atoms with Crippen LogP contribution in [-0.4, -0.2) is 9.13 Å². The molecule has 0 amide bonds. The van der Waals surface area contributed by atoms with Crippen LogP contribution in [0.2, 0.25) is 0 Å². The predicted molar refractivity (Wildman–Crippen MR) is 96.5 cm³/mol. The molecule has 1 atom stereocenters. The van der Waals surface area contributed by atoms with E-state index in [-0.39, 0.29) is 16.7 Å². The molecule has 0 saturated carbocycles. The number of nitrogens with zero attached hydrogens (tertiary/aromatic N) is 2. The fourth-order valence-electron chi connectivity index (χ4n) is 3.53. The van der Waals surface area contributed by atoms with Gasteiger partial charge in [-0.15, -0.1) is 17.9 Å². The molecule has 3 rings (SSSR count). The Morgan fingerprint density at radius 2 is 2.04 bits per heavy atom. The number of rotatable bonds is 2. The van der Waals surface area contributed by atoms with Gasteiger partial charge in [0.2, 0.25) is 0 Å². The second-order valence-electron chi connectivity index (χ2n) is 7.54. The van der Waals surface area contributed by atoms with Gasteiger partial charge >= 0.3 is 5.69 Å². The van der Waals surface area contributed by atoms with Crippen molar-refractivity contribution in [1.29, 1.82) is 0 Å². The van der Waals surface area contributed by atoms with Crippen LogP contribution in [-0.2, 0) is 26.4 Å². The maximum absolute atomic E-state index is 12.6. The maximum Gasteiger partial charge on any atom is 0.332 e. The second-order valence-corrected chi connectivity index (χ2v) is 8.62. The van der Waals surface area contributed by atoms with Crippen molar-refractivity contribution in [2.45, 2.75) is 46.6 Å². The minimum atomic E-state index is -0.256. The van der Waals surface area contributed by atoms with Crippen LogP contribution < -0.4 is 11.2 Å². The van der Waals surface area contributed by atoms with Crippen LogP contribution >= 0.6 is 11.3 Å². The van der Waals surface area contributed by atoms with E-state index in [2.05, 4.69) is 27.4 Å². The van der Waals surface area contributed by atoms with Crippen LogP contribution in [0, 0.1) is 11.3 Å². The summed E-state index contributed by atoms with van der Waals surface area (Å²) >= 11 is 1.63. The Morgan fingerprint density at radius 1 is 1.35 bits per heavy atom. The van der Waals surface area contributed by atoms with Gasteiger partial charge in [0.1, 0.15) is 4.83 Å². The largest absolute Gasteiger partial charge is 0.332 e. The zero-order valence-electron chi connectivity index (χ0n) is 14.3. The molecule has 0 radical (unpaired) electrons. The highest BCUT2D eigenvalue weighted by Crippen LogP contribution is 2.42. The lowest BCUT2D eigenvalue weighted by Crippen LogP contribution is -2.37. The molecule has 2 aromatic heterocycles. The number of allylic oxidation sites excluding steroid dienone is 1. The van der Waals surface area contributed by atoms with Crippen molar-refractivity contribution in [2.75, 3.05) is 0 Å². The van der Waals surface area contributed by atoms with Gasteiger partial charge in [0.05, 0.1) is 5.39 Å². The van der Waals surface area contributed by atoms with E-state index < -0.39 is 0 Å². The Hall–Kier alpha value is -1.62. The van der Waals surface area contributed by atoms with Crippen LogP contribution in [0.5, 0.6) is 0 Å². The lowest BCUT2D eigenvalue weighted by Gasteiger charge is -2.33. The third kappa shape index (κ3) is 2.51. The average molecular weight is 332 g/mol. The zero-order valence-corrected chi connectivity index (χ0v) is 15.1. The summed E-state index contributed by atoms with van der Waals surface area (Å²) in [5.74, 6) is 0.617. The molecule has 0 bridgehead atoms. The molecule has 0 aromatic carbocycles. The quantitative estimate of drug-likeness (QED) is 0.793. The molecule has 124 valence electrons. The van der Waals surface area contributed by atoms with Gasteiger partial charge in [-0.3, -0.25) is 13.9 Å². The number of hydrogen-bond acceptors (Lipinski definition) is 3. The Morgan fingerprint density at radius 3 is 2.65 bits per heavy atom. The fourth-order valence-corrected chi connectivity index (χ4v) is 4.95. The van der Waals surface area contributed by atoms with E-state index in [1.165, 1.54) is 15.0 Å². The van der Waals surface area contributed by atoms with E-state index in [1.54, 1.807) is 29.0 Å². The maximum atomic E-state index is 12.6. The van der Waals surface area contributed by atoms with Gasteiger partial charge < -0.3 is 0 Å². The molecule has 0 fully saturated rings. The molecule has 1 unspecified atom stereocenters. The number of aryl methyl sites for hydroxylation is 1. The molecule has 1 aliphatic carbocycles. The van der Waals surface area contributed by atoms with Crippen LogP contribution in [0.15, 0.2) is 22.2 Å². The molecule has 4 nitrogen and oxygen atoms in total. The first-order valence-electron chi connectivity index (χ1n) is 8.10.